The van der Waals surface area contributed by atoms with Gasteiger partial charge in [-0.05, 0) is 70.9 Å². The molecule has 18 heavy (non-hydrogen) atoms. The van der Waals surface area contributed by atoms with Gasteiger partial charge in [0.15, 0.2) is 0 Å². The Morgan fingerprint density at radius 3 is 2.78 bits per heavy atom. The first kappa shape index (κ1) is 15.1. The van der Waals surface area contributed by atoms with Gasteiger partial charge in [-0.3, -0.25) is 4.98 Å². The molecular weight excluding hydrogens is 222 g/mol. The number of nitrogens with one attached hydrogen (secondary N) is 1. The molecule has 0 saturated carbocycles. The zero-order valence-electron chi connectivity index (χ0n) is 12.2. The van der Waals surface area contributed by atoms with E-state index in [1.165, 1.54) is 30.5 Å². The van der Waals surface area contributed by atoms with Crippen molar-refractivity contribution < 1.29 is 0 Å². The summed E-state index contributed by atoms with van der Waals surface area (Å²) in [7, 11) is 2.19. The van der Waals surface area contributed by atoms with E-state index in [0.29, 0.717) is 6.04 Å². The van der Waals surface area contributed by atoms with Gasteiger partial charge in [-0.1, -0.05) is 0 Å². The van der Waals surface area contributed by atoms with Crippen LogP contribution in [0.4, 0.5) is 0 Å². The predicted octanol–water partition coefficient (Wildman–Crippen LogP) is 2.60. The first-order valence-electron chi connectivity index (χ1n) is 6.91. The second-order valence-electron chi connectivity index (χ2n) is 5.26. The molecule has 0 aromatic carbocycles. The highest BCUT2D eigenvalue weighted by molar-refractivity contribution is 5.20. The lowest BCUT2D eigenvalue weighted by atomic mass is 10.1. The van der Waals surface area contributed by atoms with Crippen molar-refractivity contribution in [2.75, 3.05) is 20.1 Å². The van der Waals surface area contributed by atoms with Crippen LogP contribution >= 0.6 is 0 Å². The quantitative estimate of drug-likeness (QED) is 0.718. The molecule has 0 spiro atoms. The third kappa shape index (κ3) is 5.61. The summed E-state index contributed by atoms with van der Waals surface area (Å²) >= 11 is 0. The van der Waals surface area contributed by atoms with E-state index >= 15 is 0 Å². The Hall–Kier alpha value is -0.930. The maximum atomic E-state index is 4.16. The van der Waals surface area contributed by atoms with Crippen LogP contribution in [0.2, 0.25) is 0 Å². The lowest BCUT2D eigenvalue weighted by Gasteiger charge is -2.20. The van der Waals surface area contributed by atoms with Gasteiger partial charge < -0.3 is 10.2 Å². The Morgan fingerprint density at radius 1 is 1.33 bits per heavy atom. The van der Waals surface area contributed by atoms with E-state index in [-0.39, 0.29) is 0 Å². The average Bonchev–Trinajstić information content (AvgIpc) is 2.35. The molecule has 0 radical (unpaired) electrons. The van der Waals surface area contributed by atoms with Crippen LogP contribution in [0.3, 0.4) is 0 Å². The van der Waals surface area contributed by atoms with Crippen molar-refractivity contribution in [2.24, 2.45) is 0 Å². The third-order valence-electron chi connectivity index (χ3n) is 3.46. The highest BCUT2D eigenvalue weighted by atomic mass is 15.1. The molecule has 0 aliphatic rings. The topological polar surface area (TPSA) is 28.2 Å². The van der Waals surface area contributed by atoms with Crippen LogP contribution in [-0.4, -0.2) is 36.1 Å². The second kappa shape index (κ2) is 8.22. The molecule has 0 amide bonds. The highest BCUT2D eigenvalue weighted by Crippen LogP contribution is 2.04. The van der Waals surface area contributed by atoms with E-state index in [9.17, 15) is 0 Å². The number of unbranched alkanes of at least 4 members (excludes halogenated alkanes) is 1. The summed E-state index contributed by atoms with van der Waals surface area (Å²) in [5, 5.41) is 3.49. The minimum Gasteiger partial charge on any atom is -0.313 e. The van der Waals surface area contributed by atoms with E-state index in [1.807, 2.05) is 12.4 Å². The lowest BCUT2D eigenvalue weighted by molar-refractivity contribution is 0.268. The summed E-state index contributed by atoms with van der Waals surface area (Å²) in [6, 6.07) is 2.71. The van der Waals surface area contributed by atoms with Crippen LogP contribution < -0.4 is 5.32 Å². The minimum absolute atomic E-state index is 0.649. The number of nitrogens with zero attached hydrogens (tertiary/aromatic N) is 2. The van der Waals surface area contributed by atoms with Crippen molar-refractivity contribution >= 4 is 0 Å². The SMILES string of the molecule is Cc1ccncc1CNCCCCN(C)C(C)C. The van der Waals surface area contributed by atoms with E-state index in [2.05, 4.69) is 49.1 Å². The fraction of sp³-hybridized carbons (Fsp3) is 0.667. The summed E-state index contributed by atoms with van der Waals surface area (Å²) < 4.78 is 0. The van der Waals surface area contributed by atoms with Gasteiger partial charge in [-0.2, -0.15) is 0 Å². The van der Waals surface area contributed by atoms with Crippen LogP contribution in [0, 0.1) is 6.92 Å². The van der Waals surface area contributed by atoms with Gasteiger partial charge in [-0.15, -0.1) is 0 Å². The summed E-state index contributed by atoms with van der Waals surface area (Å²) in [5.74, 6) is 0. The fourth-order valence-corrected chi connectivity index (χ4v) is 1.77. The number of rotatable bonds is 8. The molecule has 1 N–H and O–H groups in total. The van der Waals surface area contributed by atoms with E-state index in [0.717, 1.165) is 13.1 Å². The van der Waals surface area contributed by atoms with Crippen LogP contribution in [0.1, 0.15) is 37.8 Å². The number of hydrogen-bond acceptors (Lipinski definition) is 3. The van der Waals surface area contributed by atoms with Gasteiger partial charge in [0.1, 0.15) is 0 Å². The van der Waals surface area contributed by atoms with Crippen molar-refractivity contribution in [3.63, 3.8) is 0 Å². The lowest BCUT2D eigenvalue weighted by Crippen LogP contribution is -2.27. The summed E-state index contributed by atoms with van der Waals surface area (Å²) in [4.78, 5) is 6.55. The Morgan fingerprint density at radius 2 is 2.11 bits per heavy atom. The number of aryl methyl sites for hydroxylation is 1. The van der Waals surface area contributed by atoms with Crippen molar-refractivity contribution in [1.82, 2.24) is 15.2 Å². The molecular formula is C15H27N3. The van der Waals surface area contributed by atoms with Crippen LogP contribution in [-0.2, 0) is 6.54 Å². The van der Waals surface area contributed by atoms with E-state index in [4.69, 9.17) is 0 Å². The van der Waals surface area contributed by atoms with Gasteiger partial charge >= 0.3 is 0 Å². The Balaban J connectivity index is 2.07. The zero-order chi connectivity index (χ0) is 13.4. The molecule has 1 aromatic rings. The maximum absolute atomic E-state index is 4.16. The van der Waals surface area contributed by atoms with E-state index < -0.39 is 0 Å². The van der Waals surface area contributed by atoms with Gasteiger partial charge in [0, 0.05) is 25.0 Å². The van der Waals surface area contributed by atoms with Crippen LogP contribution in [0.15, 0.2) is 18.5 Å². The molecule has 1 aromatic heterocycles. The normalized spacial score (nSPS) is 11.4. The Kier molecular flexibility index (Phi) is 6.91. The fourth-order valence-electron chi connectivity index (χ4n) is 1.77. The van der Waals surface area contributed by atoms with Gasteiger partial charge in [0.25, 0.3) is 0 Å². The van der Waals surface area contributed by atoms with E-state index in [1.54, 1.807) is 0 Å². The smallest absolute Gasteiger partial charge is 0.0315 e. The molecule has 3 nitrogen and oxygen atoms in total. The standard InChI is InChI=1S/C15H27N3/c1-13(2)18(4)10-6-5-8-16-11-15-12-17-9-7-14(15)3/h7,9,12-13,16H,5-6,8,10-11H2,1-4H3. The monoisotopic (exact) mass is 249 g/mol. The average molecular weight is 249 g/mol. The van der Waals surface area contributed by atoms with Crippen molar-refractivity contribution in [2.45, 2.75) is 46.2 Å². The highest BCUT2D eigenvalue weighted by Gasteiger charge is 2.02. The predicted molar refractivity (Wildman–Crippen MR) is 77.7 cm³/mol. The third-order valence-corrected chi connectivity index (χ3v) is 3.46. The molecule has 1 heterocycles. The van der Waals surface area contributed by atoms with Crippen molar-refractivity contribution in [1.29, 1.82) is 0 Å². The molecule has 0 aliphatic carbocycles. The molecule has 0 unspecified atom stereocenters. The molecule has 102 valence electrons. The molecule has 0 aliphatic heterocycles. The molecule has 0 fully saturated rings. The van der Waals surface area contributed by atoms with Gasteiger partial charge in [0.05, 0.1) is 0 Å². The zero-order valence-corrected chi connectivity index (χ0v) is 12.2. The minimum atomic E-state index is 0.649. The number of pyridine rings is 1. The molecule has 1 rings (SSSR count). The number of hydrogen-bond donors (Lipinski definition) is 1. The molecule has 0 atom stereocenters. The van der Waals surface area contributed by atoms with Gasteiger partial charge in [0.2, 0.25) is 0 Å². The van der Waals surface area contributed by atoms with Crippen molar-refractivity contribution in [3.05, 3.63) is 29.6 Å². The Bertz CT molecular complexity index is 336. The maximum Gasteiger partial charge on any atom is 0.0315 e. The van der Waals surface area contributed by atoms with Crippen LogP contribution in [0.5, 0.6) is 0 Å². The van der Waals surface area contributed by atoms with Crippen LogP contribution in [0.25, 0.3) is 0 Å². The molecule has 0 bridgehead atoms. The van der Waals surface area contributed by atoms with Gasteiger partial charge in [-0.25, -0.2) is 0 Å². The first-order chi connectivity index (χ1) is 8.61. The Labute approximate surface area is 112 Å². The first-order valence-corrected chi connectivity index (χ1v) is 6.91. The summed E-state index contributed by atoms with van der Waals surface area (Å²) in [5.41, 5.74) is 2.62. The second-order valence-corrected chi connectivity index (χ2v) is 5.26. The van der Waals surface area contributed by atoms with Crippen molar-refractivity contribution in [3.8, 4) is 0 Å². The summed E-state index contributed by atoms with van der Waals surface area (Å²) in [6.45, 7) is 9.81. The number of aromatic nitrogens is 1. The summed E-state index contributed by atoms with van der Waals surface area (Å²) in [6.07, 6.45) is 6.29. The largest absolute Gasteiger partial charge is 0.313 e. The molecule has 3 heteroatoms. The molecule has 0 saturated heterocycles.